The highest BCUT2D eigenvalue weighted by atomic mass is 35.5. The number of rotatable bonds is 4. The maximum absolute atomic E-state index is 11.9. The van der Waals surface area contributed by atoms with Crippen LogP contribution in [0.25, 0.3) is 0 Å². The fourth-order valence-corrected chi connectivity index (χ4v) is 2.01. The number of carbonyl (C=O) groups is 1. The largest absolute Gasteiger partial charge is 0.350 e. The number of amides is 1. The molecule has 0 aliphatic rings. The van der Waals surface area contributed by atoms with Crippen LogP contribution in [0, 0.1) is 0 Å². The molecule has 1 amide bonds. The second-order valence-corrected chi connectivity index (χ2v) is 4.99. The van der Waals surface area contributed by atoms with Crippen LogP contribution in [0.1, 0.15) is 16.5 Å². The lowest BCUT2D eigenvalue weighted by atomic mass is 10.1. The van der Waals surface area contributed by atoms with Gasteiger partial charge in [-0.25, -0.2) is 0 Å². The van der Waals surface area contributed by atoms with Crippen LogP contribution in [0.4, 0.5) is 0 Å². The van der Waals surface area contributed by atoms with Crippen LogP contribution in [0.5, 0.6) is 0 Å². The van der Waals surface area contributed by atoms with Crippen molar-refractivity contribution in [3.63, 3.8) is 0 Å². The first-order valence-electron chi connectivity index (χ1n) is 5.88. The van der Waals surface area contributed by atoms with Crippen LogP contribution in [-0.4, -0.2) is 5.91 Å². The highest BCUT2D eigenvalue weighted by Gasteiger charge is 2.16. The zero-order valence-corrected chi connectivity index (χ0v) is 11.7. The smallest absolute Gasteiger partial charge is 0.242 e. The lowest BCUT2D eigenvalue weighted by Crippen LogP contribution is -2.26. The van der Waals surface area contributed by atoms with Gasteiger partial charge in [0.2, 0.25) is 5.91 Å². The van der Waals surface area contributed by atoms with E-state index in [1.54, 1.807) is 24.3 Å². The van der Waals surface area contributed by atoms with Gasteiger partial charge in [0.25, 0.3) is 0 Å². The topological polar surface area (TPSA) is 29.1 Å². The van der Waals surface area contributed by atoms with Gasteiger partial charge in [-0.2, -0.15) is 0 Å². The van der Waals surface area contributed by atoms with Crippen LogP contribution >= 0.6 is 23.2 Å². The monoisotopic (exact) mass is 293 g/mol. The van der Waals surface area contributed by atoms with Gasteiger partial charge in [0.1, 0.15) is 5.38 Å². The Morgan fingerprint density at radius 1 is 1.05 bits per heavy atom. The predicted octanol–water partition coefficient (Wildman–Crippen LogP) is 3.94. The first-order valence-corrected chi connectivity index (χ1v) is 6.69. The molecule has 0 bridgehead atoms. The molecule has 1 unspecified atom stereocenters. The van der Waals surface area contributed by atoms with Crippen molar-refractivity contribution in [3.8, 4) is 0 Å². The average Bonchev–Trinajstić information content (AvgIpc) is 2.46. The molecule has 0 aliphatic carbocycles. The minimum Gasteiger partial charge on any atom is -0.350 e. The summed E-state index contributed by atoms with van der Waals surface area (Å²) in [6.45, 7) is 0.469. The third kappa shape index (κ3) is 3.98. The maximum Gasteiger partial charge on any atom is 0.242 e. The van der Waals surface area contributed by atoms with E-state index in [9.17, 15) is 4.79 Å². The summed E-state index contributed by atoms with van der Waals surface area (Å²) in [7, 11) is 0. The normalized spacial score (nSPS) is 11.9. The number of halogens is 2. The quantitative estimate of drug-likeness (QED) is 0.850. The second-order valence-electron chi connectivity index (χ2n) is 4.12. The lowest BCUT2D eigenvalue weighted by molar-refractivity contribution is -0.121. The van der Waals surface area contributed by atoms with E-state index in [-0.39, 0.29) is 5.91 Å². The molecule has 2 rings (SSSR count). The van der Waals surface area contributed by atoms with Crippen molar-refractivity contribution < 1.29 is 4.79 Å². The van der Waals surface area contributed by atoms with Gasteiger partial charge >= 0.3 is 0 Å². The molecule has 19 heavy (non-hydrogen) atoms. The Balaban J connectivity index is 1.94. The number of alkyl halides is 1. The molecule has 2 nitrogen and oxygen atoms in total. The van der Waals surface area contributed by atoms with Crippen LogP contribution in [-0.2, 0) is 11.3 Å². The van der Waals surface area contributed by atoms with Gasteiger partial charge in [-0.15, -0.1) is 11.6 Å². The molecule has 0 aliphatic heterocycles. The van der Waals surface area contributed by atoms with E-state index in [2.05, 4.69) is 5.32 Å². The number of carbonyl (C=O) groups excluding carboxylic acids is 1. The minimum absolute atomic E-state index is 0.215. The van der Waals surface area contributed by atoms with Gasteiger partial charge in [0.15, 0.2) is 0 Å². The van der Waals surface area contributed by atoms with E-state index in [4.69, 9.17) is 23.2 Å². The molecule has 1 atom stereocenters. The lowest BCUT2D eigenvalue weighted by Gasteiger charge is -2.11. The summed E-state index contributed by atoms with van der Waals surface area (Å²) in [5, 5.41) is 2.72. The van der Waals surface area contributed by atoms with Crippen molar-refractivity contribution in [3.05, 3.63) is 70.7 Å². The Labute approximate surface area is 122 Å². The van der Waals surface area contributed by atoms with E-state index in [0.29, 0.717) is 11.6 Å². The Bertz CT molecular complexity index is 540. The standard InChI is InChI=1S/C15H13Cl2NO/c16-13-8-6-12(7-9-13)14(17)15(19)18-10-11-4-2-1-3-5-11/h1-9,14H,10H2,(H,18,19). The van der Waals surface area contributed by atoms with Crippen molar-refractivity contribution in [1.29, 1.82) is 0 Å². The molecular weight excluding hydrogens is 281 g/mol. The van der Waals surface area contributed by atoms with Crippen LogP contribution in [0.3, 0.4) is 0 Å². The van der Waals surface area contributed by atoms with Crippen LogP contribution in [0.15, 0.2) is 54.6 Å². The molecule has 0 aromatic heterocycles. The Morgan fingerprint density at radius 2 is 1.68 bits per heavy atom. The zero-order chi connectivity index (χ0) is 13.7. The minimum atomic E-state index is -0.707. The highest BCUT2D eigenvalue weighted by Crippen LogP contribution is 2.22. The molecule has 0 fully saturated rings. The fraction of sp³-hybridized carbons (Fsp3) is 0.133. The van der Waals surface area contributed by atoms with Crippen LogP contribution in [0.2, 0.25) is 5.02 Å². The summed E-state index contributed by atoms with van der Waals surface area (Å²) >= 11 is 11.9. The summed E-state index contributed by atoms with van der Waals surface area (Å²) in [5.41, 5.74) is 1.77. The molecular formula is C15H13Cl2NO. The van der Waals surface area contributed by atoms with Gasteiger partial charge < -0.3 is 5.32 Å². The van der Waals surface area contributed by atoms with Gasteiger partial charge in [-0.1, -0.05) is 54.1 Å². The Kier molecular flexibility index (Phi) is 4.83. The predicted molar refractivity (Wildman–Crippen MR) is 78.3 cm³/mol. The van der Waals surface area contributed by atoms with Gasteiger partial charge in [0, 0.05) is 11.6 Å². The van der Waals surface area contributed by atoms with Crippen molar-refractivity contribution in [2.75, 3.05) is 0 Å². The fourth-order valence-electron chi connectivity index (χ4n) is 1.66. The molecule has 0 spiro atoms. The van der Waals surface area contributed by atoms with E-state index in [1.165, 1.54) is 0 Å². The molecule has 0 saturated heterocycles. The zero-order valence-electron chi connectivity index (χ0n) is 10.1. The summed E-state index contributed by atoms with van der Waals surface area (Å²) in [4.78, 5) is 11.9. The van der Waals surface area contributed by atoms with Crippen molar-refractivity contribution in [2.45, 2.75) is 11.9 Å². The van der Waals surface area contributed by atoms with Gasteiger partial charge in [0.05, 0.1) is 0 Å². The van der Waals surface area contributed by atoms with Crippen LogP contribution < -0.4 is 5.32 Å². The second kappa shape index (κ2) is 6.60. The first-order chi connectivity index (χ1) is 9.16. The van der Waals surface area contributed by atoms with E-state index >= 15 is 0 Å². The van der Waals surface area contributed by atoms with Gasteiger partial charge in [-0.3, -0.25) is 4.79 Å². The maximum atomic E-state index is 11.9. The average molecular weight is 294 g/mol. The highest BCUT2D eigenvalue weighted by molar-refractivity contribution is 6.31. The number of hydrogen-bond acceptors (Lipinski definition) is 1. The molecule has 0 radical (unpaired) electrons. The van der Waals surface area contributed by atoms with Crippen molar-refractivity contribution in [1.82, 2.24) is 5.32 Å². The van der Waals surface area contributed by atoms with E-state index < -0.39 is 5.38 Å². The molecule has 98 valence electrons. The SMILES string of the molecule is O=C(NCc1ccccc1)C(Cl)c1ccc(Cl)cc1. The molecule has 2 aromatic rings. The summed E-state index contributed by atoms with van der Waals surface area (Å²) in [6, 6.07) is 16.6. The first kappa shape index (κ1) is 13.9. The summed E-state index contributed by atoms with van der Waals surface area (Å²) in [5.74, 6) is -0.215. The van der Waals surface area contributed by atoms with Crippen molar-refractivity contribution >= 4 is 29.1 Å². The van der Waals surface area contributed by atoms with E-state index in [0.717, 1.165) is 11.1 Å². The summed E-state index contributed by atoms with van der Waals surface area (Å²) in [6.07, 6.45) is 0. The Hall–Kier alpha value is -1.51. The third-order valence-corrected chi connectivity index (χ3v) is 3.40. The summed E-state index contributed by atoms with van der Waals surface area (Å²) < 4.78 is 0. The molecule has 1 N–H and O–H groups in total. The molecule has 2 aromatic carbocycles. The number of benzene rings is 2. The van der Waals surface area contributed by atoms with Crippen molar-refractivity contribution in [2.24, 2.45) is 0 Å². The Morgan fingerprint density at radius 3 is 2.32 bits per heavy atom. The number of hydrogen-bond donors (Lipinski definition) is 1. The molecule has 0 saturated carbocycles. The number of nitrogens with one attached hydrogen (secondary N) is 1. The third-order valence-electron chi connectivity index (χ3n) is 2.70. The van der Waals surface area contributed by atoms with E-state index in [1.807, 2.05) is 30.3 Å². The molecule has 4 heteroatoms. The molecule has 0 heterocycles. The van der Waals surface area contributed by atoms with Gasteiger partial charge in [-0.05, 0) is 23.3 Å².